The highest BCUT2D eigenvalue weighted by Gasteiger charge is 2.08. The van der Waals surface area contributed by atoms with Gasteiger partial charge >= 0.3 is 0 Å². The van der Waals surface area contributed by atoms with Gasteiger partial charge in [0, 0.05) is 5.70 Å². The van der Waals surface area contributed by atoms with E-state index in [9.17, 15) is 0 Å². The average molecular weight is 246 g/mol. The fourth-order valence-electron chi connectivity index (χ4n) is 2.30. The van der Waals surface area contributed by atoms with Gasteiger partial charge in [0.2, 0.25) is 0 Å². The highest BCUT2D eigenvalue weighted by atomic mass is 14.8. The molecule has 1 aromatic rings. The van der Waals surface area contributed by atoms with Crippen LogP contribution in [0, 0.1) is 12.8 Å². The molecule has 0 amide bonds. The van der Waals surface area contributed by atoms with E-state index in [-0.39, 0.29) is 0 Å². The molecular formula is C16H26N2. The van der Waals surface area contributed by atoms with E-state index in [4.69, 9.17) is 5.73 Å². The average Bonchev–Trinajstić information content (AvgIpc) is 2.33. The Labute approximate surface area is 111 Å². The van der Waals surface area contributed by atoms with Crippen LogP contribution in [0.25, 0.3) is 5.70 Å². The van der Waals surface area contributed by atoms with Gasteiger partial charge in [-0.05, 0) is 62.5 Å². The number of aryl methyl sites for hydroxylation is 1. The molecule has 18 heavy (non-hydrogen) atoms. The van der Waals surface area contributed by atoms with Crippen molar-refractivity contribution in [2.45, 2.75) is 33.1 Å². The molecular weight excluding hydrogens is 220 g/mol. The van der Waals surface area contributed by atoms with E-state index in [1.54, 1.807) is 0 Å². The number of nitrogens with one attached hydrogen (secondary N) is 1. The van der Waals surface area contributed by atoms with Crippen molar-refractivity contribution in [2.24, 2.45) is 11.7 Å². The molecule has 100 valence electrons. The molecule has 0 aliphatic heterocycles. The van der Waals surface area contributed by atoms with Gasteiger partial charge in [0.25, 0.3) is 0 Å². The molecule has 0 spiro atoms. The number of nitrogens with two attached hydrogens (primary N) is 1. The van der Waals surface area contributed by atoms with Crippen molar-refractivity contribution in [2.75, 3.05) is 13.6 Å². The van der Waals surface area contributed by atoms with Gasteiger partial charge in [0.15, 0.2) is 0 Å². The van der Waals surface area contributed by atoms with Crippen molar-refractivity contribution in [3.05, 3.63) is 41.5 Å². The van der Waals surface area contributed by atoms with Gasteiger partial charge in [0.1, 0.15) is 0 Å². The van der Waals surface area contributed by atoms with Crippen LogP contribution in [-0.2, 0) is 6.42 Å². The third-order valence-electron chi connectivity index (χ3n) is 3.41. The number of hydrogen-bond acceptors (Lipinski definition) is 2. The van der Waals surface area contributed by atoms with Gasteiger partial charge in [-0.25, -0.2) is 0 Å². The maximum atomic E-state index is 5.79. The molecule has 2 heteroatoms. The van der Waals surface area contributed by atoms with Crippen LogP contribution in [0.2, 0.25) is 0 Å². The standard InChI is InChI=1S/C16H26N2/c1-5-14(6-7-18-4)10-15-8-12(2)9-16(11-15)13(3)17/h8-9,11,14,18H,3,5-7,10,17H2,1-2,4H3. The molecule has 1 rings (SSSR count). The van der Waals surface area contributed by atoms with E-state index in [0.717, 1.165) is 24.4 Å². The van der Waals surface area contributed by atoms with Crippen LogP contribution in [0.15, 0.2) is 24.8 Å². The first kappa shape index (κ1) is 14.8. The largest absolute Gasteiger partial charge is 0.399 e. The topological polar surface area (TPSA) is 38.0 Å². The molecule has 0 saturated carbocycles. The Bertz CT molecular complexity index is 396. The summed E-state index contributed by atoms with van der Waals surface area (Å²) >= 11 is 0. The zero-order valence-corrected chi connectivity index (χ0v) is 11.9. The van der Waals surface area contributed by atoms with Gasteiger partial charge in [-0.15, -0.1) is 0 Å². The molecule has 0 aliphatic carbocycles. The number of hydrogen-bond donors (Lipinski definition) is 2. The number of benzene rings is 1. The normalized spacial score (nSPS) is 12.4. The lowest BCUT2D eigenvalue weighted by Gasteiger charge is -2.16. The molecule has 2 nitrogen and oxygen atoms in total. The van der Waals surface area contributed by atoms with Crippen LogP contribution in [0.5, 0.6) is 0 Å². The number of rotatable bonds is 7. The van der Waals surface area contributed by atoms with Gasteiger partial charge in [0.05, 0.1) is 0 Å². The predicted molar refractivity (Wildman–Crippen MR) is 80.4 cm³/mol. The van der Waals surface area contributed by atoms with Crippen LogP contribution >= 0.6 is 0 Å². The lowest BCUT2D eigenvalue weighted by Crippen LogP contribution is -2.14. The Hall–Kier alpha value is -1.28. The van der Waals surface area contributed by atoms with E-state index >= 15 is 0 Å². The van der Waals surface area contributed by atoms with Crippen molar-refractivity contribution in [3.8, 4) is 0 Å². The maximum Gasteiger partial charge on any atom is 0.0314 e. The molecule has 0 heterocycles. The molecule has 0 radical (unpaired) electrons. The molecule has 0 fully saturated rings. The molecule has 0 bridgehead atoms. The van der Waals surface area contributed by atoms with Crippen LogP contribution in [0.3, 0.4) is 0 Å². The summed E-state index contributed by atoms with van der Waals surface area (Å²) in [7, 11) is 2.01. The Morgan fingerprint density at radius 2 is 2.11 bits per heavy atom. The zero-order valence-electron chi connectivity index (χ0n) is 11.9. The van der Waals surface area contributed by atoms with Gasteiger partial charge in [-0.1, -0.05) is 31.6 Å². The van der Waals surface area contributed by atoms with E-state index in [0.29, 0.717) is 5.70 Å². The van der Waals surface area contributed by atoms with E-state index < -0.39 is 0 Å². The second-order valence-corrected chi connectivity index (χ2v) is 5.10. The van der Waals surface area contributed by atoms with Crippen molar-refractivity contribution < 1.29 is 0 Å². The molecule has 0 aliphatic rings. The minimum atomic E-state index is 0.656. The van der Waals surface area contributed by atoms with E-state index in [1.165, 1.54) is 24.0 Å². The Morgan fingerprint density at radius 1 is 1.39 bits per heavy atom. The summed E-state index contributed by atoms with van der Waals surface area (Å²) in [5.41, 5.74) is 10.1. The zero-order chi connectivity index (χ0) is 13.5. The first-order valence-corrected chi connectivity index (χ1v) is 6.76. The highest BCUT2D eigenvalue weighted by Crippen LogP contribution is 2.20. The Morgan fingerprint density at radius 3 is 2.67 bits per heavy atom. The molecule has 0 aromatic heterocycles. The molecule has 1 unspecified atom stereocenters. The fourth-order valence-corrected chi connectivity index (χ4v) is 2.30. The fraction of sp³-hybridized carbons (Fsp3) is 0.500. The maximum absolute atomic E-state index is 5.79. The first-order valence-electron chi connectivity index (χ1n) is 6.76. The minimum absolute atomic E-state index is 0.656. The third-order valence-corrected chi connectivity index (χ3v) is 3.41. The SMILES string of the molecule is C=C(N)c1cc(C)cc(CC(CC)CCNC)c1. The van der Waals surface area contributed by atoms with Crippen molar-refractivity contribution in [1.82, 2.24) is 5.32 Å². The summed E-state index contributed by atoms with van der Waals surface area (Å²) in [5.74, 6) is 0.734. The highest BCUT2D eigenvalue weighted by molar-refractivity contribution is 5.61. The van der Waals surface area contributed by atoms with Gasteiger partial charge in [-0.3, -0.25) is 0 Å². The summed E-state index contributed by atoms with van der Waals surface area (Å²) in [6.45, 7) is 9.29. The first-order chi connectivity index (χ1) is 8.56. The summed E-state index contributed by atoms with van der Waals surface area (Å²) in [5, 5.41) is 3.23. The van der Waals surface area contributed by atoms with Crippen LogP contribution < -0.4 is 11.1 Å². The Balaban J connectivity index is 2.79. The van der Waals surface area contributed by atoms with Gasteiger partial charge in [-0.2, -0.15) is 0 Å². The van der Waals surface area contributed by atoms with Crippen molar-refractivity contribution in [3.63, 3.8) is 0 Å². The van der Waals surface area contributed by atoms with Crippen molar-refractivity contribution >= 4 is 5.70 Å². The Kier molecular flexibility index (Phi) is 5.93. The molecule has 0 saturated heterocycles. The third kappa shape index (κ3) is 4.53. The van der Waals surface area contributed by atoms with Crippen molar-refractivity contribution in [1.29, 1.82) is 0 Å². The van der Waals surface area contributed by atoms with Crippen LogP contribution in [0.4, 0.5) is 0 Å². The minimum Gasteiger partial charge on any atom is -0.399 e. The lowest BCUT2D eigenvalue weighted by atomic mass is 9.92. The summed E-state index contributed by atoms with van der Waals surface area (Å²) in [4.78, 5) is 0. The monoisotopic (exact) mass is 246 g/mol. The van der Waals surface area contributed by atoms with Gasteiger partial charge < -0.3 is 11.1 Å². The van der Waals surface area contributed by atoms with E-state index in [2.05, 4.69) is 43.9 Å². The summed E-state index contributed by atoms with van der Waals surface area (Å²) in [6, 6.07) is 6.53. The molecule has 1 aromatic carbocycles. The van der Waals surface area contributed by atoms with Crippen LogP contribution in [0.1, 0.15) is 36.5 Å². The second kappa shape index (κ2) is 7.22. The molecule has 3 N–H and O–H groups in total. The predicted octanol–water partition coefficient (Wildman–Crippen LogP) is 3.10. The summed E-state index contributed by atoms with van der Waals surface area (Å²) in [6.07, 6.45) is 3.56. The van der Waals surface area contributed by atoms with Crippen LogP contribution in [-0.4, -0.2) is 13.6 Å². The molecule has 1 atom stereocenters. The van der Waals surface area contributed by atoms with E-state index in [1.807, 2.05) is 7.05 Å². The second-order valence-electron chi connectivity index (χ2n) is 5.10. The summed E-state index contributed by atoms with van der Waals surface area (Å²) < 4.78 is 0. The smallest absolute Gasteiger partial charge is 0.0314 e. The quantitative estimate of drug-likeness (QED) is 0.776. The lowest BCUT2D eigenvalue weighted by molar-refractivity contribution is 0.459.